The number of fused-ring (bicyclic) bond motifs is 1. The van der Waals surface area contributed by atoms with Crippen LogP contribution in [-0.4, -0.2) is 52.3 Å². The summed E-state index contributed by atoms with van der Waals surface area (Å²) in [6, 6.07) is 17.2. The van der Waals surface area contributed by atoms with Crippen molar-refractivity contribution in [2.75, 3.05) is 18.6 Å². The molecule has 0 aliphatic carbocycles. The van der Waals surface area contributed by atoms with Crippen LogP contribution in [0, 0.1) is 5.92 Å². The van der Waals surface area contributed by atoms with Gasteiger partial charge in [-0.05, 0) is 56.2 Å². The molecule has 2 aromatic carbocycles. The van der Waals surface area contributed by atoms with Crippen LogP contribution >= 0.6 is 23.5 Å². The summed E-state index contributed by atoms with van der Waals surface area (Å²) in [4.78, 5) is 41.6. The number of carbonyl (C=O) groups is 3. The first-order valence-corrected chi connectivity index (χ1v) is 14.1. The van der Waals surface area contributed by atoms with Crippen molar-refractivity contribution in [2.24, 2.45) is 5.92 Å². The van der Waals surface area contributed by atoms with Crippen molar-refractivity contribution in [1.29, 1.82) is 0 Å². The second kappa shape index (κ2) is 11.6. The first-order chi connectivity index (χ1) is 17.7. The van der Waals surface area contributed by atoms with E-state index in [2.05, 4.69) is 0 Å². The normalized spacial score (nSPS) is 19.1. The van der Waals surface area contributed by atoms with Gasteiger partial charge in [-0.25, -0.2) is 4.79 Å². The third kappa shape index (κ3) is 6.70. The Kier molecular flexibility index (Phi) is 8.54. The Bertz CT molecular complexity index is 1170. The van der Waals surface area contributed by atoms with Gasteiger partial charge in [-0.3, -0.25) is 14.5 Å². The van der Waals surface area contributed by atoms with Crippen LogP contribution in [0.1, 0.15) is 32.8 Å². The third-order valence-electron chi connectivity index (χ3n) is 5.84. The zero-order chi connectivity index (χ0) is 26.6. The van der Waals surface area contributed by atoms with Gasteiger partial charge in [0.15, 0.2) is 0 Å². The molecule has 0 bridgehead atoms. The number of β-lactam (4-membered cyclic amide) rings is 1. The minimum atomic E-state index is -0.624. The van der Waals surface area contributed by atoms with E-state index in [0.29, 0.717) is 23.0 Å². The molecule has 0 saturated carbocycles. The van der Waals surface area contributed by atoms with Gasteiger partial charge < -0.3 is 14.2 Å². The zero-order valence-corrected chi connectivity index (χ0v) is 23.0. The highest BCUT2D eigenvalue weighted by Gasteiger charge is 2.54. The van der Waals surface area contributed by atoms with E-state index >= 15 is 0 Å². The Labute approximate surface area is 225 Å². The SMILES string of the molecule is COc1ccc(COC(=O)C2=C(CSc3ccccc3)CSC3[C@H](CC(=O)OC(C)(C)C)C(=O)N23)cc1. The highest BCUT2D eigenvalue weighted by Crippen LogP contribution is 2.46. The Morgan fingerprint density at radius 3 is 2.43 bits per heavy atom. The summed E-state index contributed by atoms with van der Waals surface area (Å²) < 4.78 is 16.3. The number of methoxy groups -OCH3 is 1. The maximum Gasteiger partial charge on any atom is 0.355 e. The minimum Gasteiger partial charge on any atom is -0.497 e. The summed E-state index contributed by atoms with van der Waals surface area (Å²) in [5, 5.41) is -0.297. The van der Waals surface area contributed by atoms with E-state index in [-0.39, 0.29) is 24.3 Å². The average molecular weight is 542 g/mol. The molecule has 9 heteroatoms. The van der Waals surface area contributed by atoms with Crippen molar-refractivity contribution in [3.05, 3.63) is 71.4 Å². The minimum absolute atomic E-state index is 0.00740. The first kappa shape index (κ1) is 27.1. The van der Waals surface area contributed by atoms with Crippen LogP contribution in [0.15, 0.2) is 70.8 Å². The molecule has 1 fully saturated rings. The highest BCUT2D eigenvalue weighted by molar-refractivity contribution is 8.01. The maximum atomic E-state index is 13.4. The average Bonchev–Trinajstić information content (AvgIpc) is 2.88. The predicted molar refractivity (Wildman–Crippen MR) is 144 cm³/mol. The quantitative estimate of drug-likeness (QED) is 0.248. The molecule has 2 aliphatic rings. The Hall–Kier alpha value is -2.91. The lowest BCUT2D eigenvalue weighted by molar-refractivity contribution is -0.164. The van der Waals surface area contributed by atoms with Crippen LogP contribution in [0.4, 0.5) is 0 Å². The molecule has 2 aromatic rings. The number of hydrogen-bond acceptors (Lipinski definition) is 8. The number of benzene rings is 2. The summed E-state index contributed by atoms with van der Waals surface area (Å²) in [5.74, 6) is 0.128. The second-order valence-corrected chi connectivity index (χ2v) is 11.9. The van der Waals surface area contributed by atoms with Crippen LogP contribution in [0.2, 0.25) is 0 Å². The van der Waals surface area contributed by atoms with Gasteiger partial charge in [-0.2, -0.15) is 0 Å². The fraction of sp³-hybridized carbons (Fsp3) is 0.393. The van der Waals surface area contributed by atoms with E-state index in [1.807, 2.05) is 42.5 Å². The van der Waals surface area contributed by atoms with Crippen molar-refractivity contribution < 1.29 is 28.6 Å². The molecule has 0 N–H and O–H groups in total. The van der Waals surface area contributed by atoms with E-state index < -0.39 is 23.5 Å². The lowest BCUT2D eigenvalue weighted by Crippen LogP contribution is -2.62. The molecule has 2 aliphatic heterocycles. The summed E-state index contributed by atoms with van der Waals surface area (Å²) >= 11 is 3.18. The number of thioether (sulfide) groups is 2. The van der Waals surface area contributed by atoms with Crippen molar-refractivity contribution in [3.63, 3.8) is 0 Å². The monoisotopic (exact) mass is 541 g/mol. The standard InChI is InChI=1S/C28H31NO6S2/c1-28(2,3)35-23(30)14-22-25(31)29-24(27(32)34-15-18-10-12-20(33-4)13-11-18)19(17-37-26(22)29)16-36-21-8-6-5-7-9-21/h5-13,22,26H,14-17H2,1-4H3/t22-,26?/m1/s1. The molecule has 37 heavy (non-hydrogen) atoms. The van der Waals surface area contributed by atoms with Crippen LogP contribution in [0.5, 0.6) is 5.75 Å². The topological polar surface area (TPSA) is 82.1 Å². The van der Waals surface area contributed by atoms with Gasteiger partial charge in [0.1, 0.15) is 23.7 Å². The molecule has 1 amide bonds. The molecule has 0 aromatic heterocycles. The summed E-state index contributed by atoms with van der Waals surface area (Å²) in [6.07, 6.45) is -0.00740. The van der Waals surface area contributed by atoms with E-state index in [1.165, 1.54) is 4.90 Å². The number of carbonyl (C=O) groups excluding carboxylic acids is 3. The Morgan fingerprint density at radius 1 is 1.08 bits per heavy atom. The summed E-state index contributed by atoms with van der Waals surface area (Å²) in [6.45, 7) is 5.47. The lowest BCUT2D eigenvalue weighted by atomic mass is 9.92. The highest BCUT2D eigenvalue weighted by atomic mass is 32.2. The molecule has 1 unspecified atom stereocenters. The predicted octanol–water partition coefficient (Wildman–Crippen LogP) is 5.05. The van der Waals surface area contributed by atoms with Gasteiger partial charge >= 0.3 is 11.9 Å². The van der Waals surface area contributed by atoms with E-state index in [0.717, 1.165) is 16.0 Å². The van der Waals surface area contributed by atoms with Gasteiger partial charge in [0.05, 0.1) is 24.8 Å². The number of nitrogens with zero attached hydrogens (tertiary/aromatic N) is 1. The molecule has 2 atom stereocenters. The molecule has 196 valence electrons. The van der Waals surface area contributed by atoms with Crippen LogP contribution < -0.4 is 4.74 Å². The van der Waals surface area contributed by atoms with Crippen LogP contribution in [-0.2, 0) is 30.5 Å². The maximum absolute atomic E-state index is 13.4. The largest absolute Gasteiger partial charge is 0.497 e. The fourth-order valence-electron chi connectivity index (χ4n) is 4.11. The number of amides is 1. The van der Waals surface area contributed by atoms with Gasteiger partial charge in [0.2, 0.25) is 5.91 Å². The lowest BCUT2D eigenvalue weighted by Gasteiger charge is -2.49. The van der Waals surface area contributed by atoms with Gasteiger partial charge in [-0.15, -0.1) is 23.5 Å². The Balaban J connectivity index is 1.51. The molecule has 0 spiro atoms. The van der Waals surface area contributed by atoms with Crippen molar-refractivity contribution in [3.8, 4) is 5.75 Å². The molecule has 1 saturated heterocycles. The van der Waals surface area contributed by atoms with E-state index in [1.54, 1.807) is 63.5 Å². The van der Waals surface area contributed by atoms with Crippen LogP contribution in [0.25, 0.3) is 0 Å². The van der Waals surface area contributed by atoms with Gasteiger partial charge in [-0.1, -0.05) is 30.3 Å². The van der Waals surface area contributed by atoms with Gasteiger partial charge in [0, 0.05) is 16.4 Å². The Morgan fingerprint density at radius 2 is 1.78 bits per heavy atom. The molecule has 7 nitrogen and oxygen atoms in total. The molecule has 0 radical (unpaired) electrons. The number of rotatable bonds is 9. The van der Waals surface area contributed by atoms with Crippen molar-refractivity contribution >= 4 is 41.4 Å². The number of ether oxygens (including phenoxy) is 3. The smallest absolute Gasteiger partial charge is 0.355 e. The first-order valence-electron chi connectivity index (χ1n) is 12.0. The summed E-state index contributed by atoms with van der Waals surface area (Å²) in [7, 11) is 1.59. The van der Waals surface area contributed by atoms with Crippen molar-refractivity contribution in [1.82, 2.24) is 4.90 Å². The summed E-state index contributed by atoms with van der Waals surface area (Å²) in [5.41, 5.74) is 1.33. The molecular weight excluding hydrogens is 510 g/mol. The fourth-order valence-corrected chi connectivity index (χ4v) is 6.58. The molecular formula is C28H31NO6S2. The van der Waals surface area contributed by atoms with E-state index in [4.69, 9.17) is 14.2 Å². The number of esters is 2. The van der Waals surface area contributed by atoms with Crippen molar-refractivity contribution in [2.45, 2.75) is 49.7 Å². The molecule has 2 heterocycles. The van der Waals surface area contributed by atoms with Crippen LogP contribution in [0.3, 0.4) is 0 Å². The van der Waals surface area contributed by atoms with E-state index in [9.17, 15) is 14.4 Å². The zero-order valence-electron chi connectivity index (χ0n) is 21.4. The van der Waals surface area contributed by atoms with Gasteiger partial charge in [0.25, 0.3) is 0 Å². The molecule has 4 rings (SSSR count). The third-order valence-corrected chi connectivity index (χ3v) is 8.34. The second-order valence-electron chi connectivity index (χ2n) is 9.78. The number of hydrogen-bond donors (Lipinski definition) is 0.